The van der Waals surface area contributed by atoms with Gasteiger partial charge in [0, 0.05) is 26.2 Å². The Hall–Kier alpha value is -2.68. The Morgan fingerprint density at radius 2 is 0.637 bits per heavy atom. The van der Waals surface area contributed by atoms with Crippen LogP contribution in [0.3, 0.4) is 0 Å². The zero-order valence-electron chi connectivity index (χ0n) is 53.7. The van der Waals surface area contributed by atoms with Crippen molar-refractivity contribution in [2.45, 2.75) is 355 Å². The Kier molecular flexibility index (Phi) is 57.3. The number of nitrogens with zero attached hydrogens (tertiary/aromatic N) is 1. The van der Waals surface area contributed by atoms with Gasteiger partial charge in [0.05, 0.1) is 32.8 Å². The number of aliphatic carboxylic acids is 1. The van der Waals surface area contributed by atoms with Gasteiger partial charge in [-0.3, -0.25) is 4.79 Å². The van der Waals surface area contributed by atoms with Crippen molar-refractivity contribution in [3.8, 4) is 17.2 Å². The van der Waals surface area contributed by atoms with Crippen LogP contribution < -0.4 is 19.5 Å². The third-order valence-electron chi connectivity index (χ3n) is 16.3. The molecule has 2 N–H and O–H groups in total. The lowest BCUT2D eigenvalue weighted by Crippen LogP contribution is -2.46. The summed E-state index contributed by atoms with van der Waals surface area (Å²) in [7, 11) is 0. The fraction of sp³-hybridized carbons (Fsp3) is 0.887. The number of ether oxygens (including phenoxy) is 4. The van der Waals surface area contributed by atoms with Crippen LogP contribution in [0.2, 0.25) is 0 Å². The molecular formula is C71H134N2O7. The lowest BCUT2D eigenvalue weighted by molar-refractivity contribution is -0.136. The van der Waals surface area contributed by atoms with E-state index >= 15 is 0 Å². The van der Waals surface area contributed by atoms with Gasteiger partial charge in [0.25, 0.3) is 0 Å². The number of rotatable bonds is 59. The molecule has 0 spiro atoms. The summed E-state index contributed by atoms with van der Waals surface area (Å²) >= 11 is 0. The van der Waals surface area contributed by atoms with Crippen LogP contribution in [-0.4, -0.2) is 74.7 Å². The highest BCUT2D eigenvalue weighted by Gasteiger charge is 2.19. The Bertz CT molecular complexity index is 1390. The lowest BCUT2D eigenvalue weighted by Gasteiger charge is -2.26. The molecule has 1 aliphatic heterocycles. The van der Waals surface area contributed by atoms with E-state index in [1.165, 1.54) is 276 Å². The number of benzene rings is 1. The average Bonchev–Trinajstić information content (AvgIpc) is 3.49. The maximum Gasteiger partial charge on any atom is 0.409 e. The lowest BCUT2D eigenvalue weighted by atomic mass is 10.0. The molecule has 9 heteroatoms. The summed E-state index contributed by atoms with van der Waals surface area (Å²) in [6.45, 7) is 14.7. The summed E-state index contributed by atoms with van der Waals surface area (Å²) in [4.78, 5) is 25.0. The molecule has 1 heterocycles. The summed E-state index contributed by atoms with van der Waals surface area (Å²) in [6, 6.07) is 3.79. The fourth-order valence-corrected chi connectivity index (χ4v) is 11.0. The van der Waals surface area contributed by atoms with Crippen LogP contribution >= 0.6 is 0 Å². The van der Waals surface area contributed by atoms with Gasteiger partial charge < -0.3 is 34.3 Å². The fourth-order valence-electron chi connectivity index (χ4n) is 11.0. The number of amides is 1. The largest absolute Gasteiger partial charge is 0.490 e. The van der Waals surface area contributed by atoms with Crippen molar-refractivity contribution in [1.29, 1.82) is 0 Å². The second kappa shape index (κ2) is 60.9. The van der Waals surface area contributed by atoms with Crippen molar-refractivity contribution < 1.29 is 33.6 Å². The third-order valence-corrected chi connectivity index (χ3v) is 16.3. The summed E-state index contributed by atoms with van der Waals surface area (Å²) in [6.07, 6.45) is 66.3. The summed E-state index contributed by atoms with van der Waals surface area (Å²) in [5, 5.41) is 12.9. The first-order chi connectivity index (χ1) is 39.5. The quantitative estimate of drug-likeness (QED) is 0.0622. The predicted octanol–water partition coefficient (Wildman–Crippen LogP) is 22.1. The smallest absolute Gasteiger partial charge is 0.409 e. The second-order valence-electron chi connectivity index (χ2n) is 24.2. The van der Waals surface area contributed by atoms with E-state index in [0.29, 0.717) is 49.2 Å². The first kappa shape index (κ1) is 75.3. The van der Waals surface area contributed by atoms with Crippen molar-refractivity contribution in [2.24, 2.45) is 0 Å². The van der Waals surface area contributed by atoms with Gasteiger partial charge in [0.1, 0.15) is 0 Å². The number of carbonyl (C=O) groups excluding carboxylic acids is 1. The zero-order chi connectivity index (χ0) is 57.7. The van der Waals surface area contributed by atoms with Crippen molar-refractivity contribution in [3.05, 3.63) is 17.7 Å². The maximum absolute atomic E-state index is 11.9. The number of hydrogen-bond acceptors (Lipinski definition) is 7. The van der Waals surface area contributed by atoms with Gasteiger partial charge in [-0.05, 0) is 43.4 Å². The van der Waals surface area contributed by atoms with E-state index in [1.54, 1.807) is 4.90 Å². The number of carboxylic acids is 1. The van der Waals surface area contributed by atoms with Crippen LogP contribution in [0.5, 0.6) is 17.2 Å². The molecule has 0 radical (unpaired) electrons. The van der Waals surface area contributed by atoms with Gasteiger partial charge in [-0.25, -0.2) is 4.79 Å². The van der Waals surface area contributed by atoms with Gasteiger partial charge in [0.15, 0.2) is 11.5 Å². The standard InChI is InChI=1S/C62H116O5.C9H18N2O2/c1-4-7-10-13-16-19-22-25-28-31-34-37-40-43-46-49-52-65-59-55-58(57-61(63)64)56-60(66-53-50-47-44-41-38-35-32-29-26-23-20-17-14-11-8-5-2)62(59)67-54-51-48-45-42-39-36-33-30-27-24-21-18-15-12-9-6-3;1-2-3-8-13-9(12)11-6-4-10-5-7-11/h55-56H,4-54,57H2,1-3H3,(H,63,64);10H,2-8H2,1H3. The number of nitrogens with one attached hydrogen (secondary N) is 1. The topological polar surface area (TPSA) is 107 Å². The monoisotopic (exact) mass is 1130 g/mol. The molecule has 470 valence electrons. The normalized spacial score (nSPS) is 12.4. The first-order valence-corrected chi connectivity index (χ1v) is 35.4. The molecule has 0 saturated carbocycles. The summed E-state index contributed by atoms with van der Waals surface area (Å²) in [5.41, 5.74) is 0.714. The van der Waals surface area contributed by atoms with Crippen LogP contribution in [-0.2, 0) is 16.0 Å². The molecule has 1 aromatic rings. The van der Waals surface area contributed by atoms with Crippen molar-refractivity contribution in [3.63, 3.8) is 0 Å². The minimum atomic E-state index is -0.839. The Labute approximate surface area is 496 Å². The van der Waals surface area contributed by atoms with Gasteiger partial charge in [-0.1, -0.05) is 323 Å². The Balaban J connectivity index is 0.00000214. The van der Waals surface area contributed by atoms with Crippen LogP contribution in [0, 0.1) is 0 Å². The molecule has 0 aliphatic carbocycles. The molecule has 0 aromatic heterocycles. The summed E-state index contributed by atoms with van der Waals surface area (Å²) < 4.78 is 24.5. The second-order valence-corrected chi connectivity index (χ2v) is 24.2. The van der Waals surface area contributed by atoms with E-state index in [0.717, 1.165) is 71.1 Å². The minimum Gasteiger partial charge on any atom is -0.490 e. The van der Waals surface area contributed by atoms with Crippen molar-refractivity contribution in [2.75, 3.05) is 52.6 Å². The predicted molar refractivity (Wildman–Crippen MR) is 344 cm³/mol. The zero-order valence-corrected chi connectivity index (χ0v) is 53.7. The number of hydrogen-bond donors (Lipinski definition) is 2. The molecule has 0 unspecified atom stereocenters. The minimum absolute atomic E-state index is 0.0514. The highest BCUT2D eigenvalue weighted by molar-refractivity contribution is 5.71. The van der Waals surface area contributed by atoms with Gasteiger partial charge in [-0.2, -0.15) is 0 Å². The van der Waals surface area contributed by atoms with Gasteiger partial charge in [-0.15, -0.1) is 0 Å². The number of carboxylic acid groups (broad SMARTS) is 1. The number of piperazine rings is 1. The molecule has 80 heavy (non-hydrogen) atoms. The van der Waals surface area contributed by atoms with Crippen LogP contribution in [0.1, 0.15) is 354 Å². The molecule has 1 fully saturated rings. The maximum atomic E-state index is 11.9. The average molecular weight is 1130 g/mol. The molecule has 1 aromatic carbocycles. The van der Waals surface area contributed by atoms with Crippen LogP contribution in [0.4, 0.5) is 4.79 Å². The highest BCUT2D eigenvalue weighted by Crippen LogP contribution is 2.40. The van der Waals surface area contributed by atoms with E-state index in [-0.39, 0.29) is 12.5 Å². The molecule has 1 amide bonds. The third kappa shape index (κ3) is 49.9. The van der Waals surface area contributed by atoms with E-state index in [2.05, 4.69) is 33.0 Å². The van der Waals surface area contributed by atoms with Gasteiger partial charge >= 0.3 is 12.1 Å². The van der Waals surface area contributed by atoms with Crippen LogP contribution in [0.15, 0.2) is 12.1 Å². The highest BCUT2D eigenvalue weighted by atomic mass is 16.6. The molecule has 2 rings (SSSR count). The van der Waals surface area contributed by atoms with E-state index < -0.39 is 5.97 Å². The van der Waals surface area contributed by atoms with Gasteiger partial charge in [0.2, 0.25) is 5.75 Å². The molecule has 9 nitrogen and oxygen atoms in total. The number of unbranched alkanes of at least 4 members (excludes halogenated alkanes) is 46. The first-order valence-electron chi connectivity index (χ1n) is 35.4. The van der Waals surface area contributed by atoms with E-state index in [4.69, 9.17) is 18.9 Å². The van der Waals surface area contributed by atoms with E-state index in [9.17, 15) is 14.7 Å². The Morgan fingerprint density at radius 3 is 0.912 bits per heavy atom. The molecule has 0 bridgehead atoms. The van der Waals surface area contributed by atoms with E-state index in [1.807, 2.05) is 12.1 Å². The number of carbonyl (C=O) groups is 2. The molecule has 0 atom stereocenters. The van der Waals surface area contributed by atoms with Crippen LogP contribution in [0.25, 0.3) is 0 Å². The molecular weight excluding hydrogens is 993 g/mol. The van der Waals surface area contributed by atoms with Crippen molar-refractivity contribution in [1.82, 2.24) is 10.2 Å². The molecule has 1 saturated heterocycles. The Morgan fingerprint density at radius 1 is 0.375 bits per heavy atom. The van der Waals surface area contributed by atoms with Crippen molar-refractivity contribution >= 4 is 12.1 Å². The SMILES string of the molecule is CCCCCCCCCCCCCCCCCCOc1cc(CC(=O)O)cc(OCCCCCCCCCCCCCCCCCC)c1OCCCCCCCCCCCCCCCCCC.CCCCOC(=O)N1CCNCC1. The summed E-state index contributed by atoms with van der Waals surface area (Å²) in [5.74, 6) is 1.13. The molecule has 1 aliphatic rings.